The molecule has 1 unspecified atom stereocenters. The molecule has 2 aromatic heterocycles. The molecule has 1 atom stereocenters. The van der Waals surface area contributed by atoms with Crippen molar-refractivity contribution in [3.63, 3.8) is 0 Å². The largest absolute Gasteiger partial charge is 0.383 e. The van der Waals surface area contributed by atoms with E-state index in [-0.39, 0.29) is 39.0 Å². The number of anilines is 1. The second-order valence-corrected chi connectivity index (χ2v) is 9.12. The van der Waals surface area contributed by atoms with E-state index in [2.05, 4.69) is 16.0 Å². The topological polar surface area (TPSA) is 165 Å². The van der Waals surface area contributed by atoms with E-state index in [1.54, 1.807) is 31.5 Å². The molecule has 0 saturated carbocycles. The third-order valence-corrected chi connectivity index (χ3v) is 5.96. The van der Waals surface area contributed by atoms with E-state index in [1.807, 2.05) is 6.07 Å². The van der Waals surface area contributed by atoms with E-state index in [0.717, 1.165) is 11.8 Å². The normalized spacial score (nSPS) is 11.9. The first-order valence-corrected chi connectivity index (χ1v) is 10.5. The van der Waals surface area contributed by atoms with Gasteiger partial charge in [0.25, 0.3) is 5.69 Å². The molecule has 11 heteroatoms. The van der Waals surface area contributed by atoms with Crippen molar-refractivity contribution in [2.24, 2.45) is 5.41 Å². The zero-order valence-corrected chi connectivity index (χ0v) is 18.8. The molecule has 0 fully saturated rings. The van der Waals surface area contributed by atoms with Gasteiger partial charge in [-0.3, -0.25) is 14.9 Å². The van der Waals surface area contributed by atoms with Gasteiger partial charge in [0, 0.05) is 35.5 Å². The number of aromatic nitrogens is 3. The van der Waals surface area contributed by atoms with Gasteiger partial charge in [0.05, 0.1) is 16.8 Å². The summed E-state index contributed by atoms with van der Waals surface area (Å²) in [5, 5.41) is 30.1. The maximum absolute atomic E-state index is 13.2. The van der Waals surface area contributed by atoms with E-state index in [9.17, 15) is 25.4 Å². The number of nitrogens with zero attached hydrogens (tertiary/aromatic N) is 6. The van der Waals surface area contributed by atoms with Crippen molar-refractivity contribution in [3.8, 4) is 23.3 Å². The summed E-state index contributed by atoms with van der Waals surface area (Å²) in [6.45, 7) is 5.36. The highest BCUT2D eigenvalue weighted by atomic mass is 32.2. The molecule has 0 radical (unpaired) electrons. The highest BCUT2D eigenvalue weighted by molar-refractivity contribution is 8.00. The number of nitrogen functional groups attached to an aromatic ring is 1. The molecule has 0 amide bonds. The quantitative estimate of drug-likeness (QED) is 0.323. The number of Topliss-reactive ketones (excluding diaryl/α,β-unsaturated/α-hetero) is 1. The van der Waals surface area contributed by atoms with Crippen LogP contribution in [0.5, 0.6) is 0 Å². The highest BCUT2D eigenvalue weighted by Gasteiger charge is 2.33. The SMILES string of the molecule is CC(C)(C)C(=O)C(Sc1nc(N)c(C#N)c(-c2ccc([N+](=O)[O-])cc2)c1C#N)n1ccnc1. The van der Waals surface area contributed by atoms with Gasteiger partial charge in [-0.25, -0.2) is 9.97 Å². The summed E-state index contributed by atoms with van der Waals surface area (Å²) in [4.78, 5) is 31.9. The number of thioether (sulfide) groups is 1. The molecule has 3 aromatic rings. The first kappa shape index (κ1) is 23.4. The fraction of sp³-hybridized carbons (Fsp3) is 0.227. The number of imidazole rings is 1. The Labute approximate surface area is 193 Å². The minimum atomic E-state index is -0.788. The number of ketones is 1. The Morgan fingerprint density at radius 3 is 2.33 bits per heavy atom. The van der Waals surface area contributed by atoms with Crippen molar-refractivity contribution in [2.45, 2.75) is 31.2 Å². The number of nitro groups is 1. The predicted molar refractivity (Wildman–Crippen MR) is 122 cm³/mol. The van der Waals surface area contributed by atoms with Gasteiger partial charge >= 0.3 is 0 Å². The lowest BCUT2D eigenvalue weighted by molar-refractivity contribution is -0.384. The second kappa shape index (κ2) is 9.10. The van der Waals surface area contributed by atoms with Crippen molar-refractivity contribution in [1.82, 2.24) is 14.5 Å². The zero-order chi connectivity index (χ0) is 24.3. The summed E-state index contributed by atoms with van der Waals surface area (Å²) < 4.78 is 1.61. The molecule has 166 valence electrons. The van der Waals surface area contributed by atoms with Gasteiger partial charge in [-0.1, -0.05) is 32.5 Å². The molecule has 2 N–H and O–H groups in total. The molecule has 0 saturated heterocycles. The third kappa shape index (κ3) is 4.68. The van der Waals surface area contributed by atoms with Crippen molar-refractivity contribution >= 4 is 29.1 Å². The first-order valence-electron chi connectivity index (χ1n) is 9.65. The average molecular weight is 462 g/mol. The fourth-order valence-corrected chi connectivity index (χ4v) is 4.39. The van der Waals surface area contributed by atoms with Gasteiger partial charge < -0.3 is 10.3 Å². The second-order valence-electron chi connectivity index (χ2n) is 8.05. The van der Waals surface area contributed by atoms with Crippen molar-refractivity contribution in [1.29, 1.82) is 10.5 Å². The molecule has 3 rings (SSSR count). The Morgan fingerprint density at radius 1 is 1.21 bits per heavy atom. The van der Waals surface area contributed by atoms with Crippen LogP contribution in [0, 0.1) is 38.2 Å². The maximum atomic E-state index is 13.2. The molecular formula is C22H19N7O3S. The number of rotatable bonds is 6. The number of benzene rings is 1. The monoisotopic (exact) mass is 461 g/mol. The minimum absolute atomic E-state index is 0.0221. The average Bonchev–Trinajstić information content (AvgIpc) is 3.30. The van der Waals surface area contributed by atoms with Crippen LogP contribution in [0.1, 0.15) is 37.3 Å². The zero-order valence-electron chi connectivity index (χ0n) is 18.0. The van der Waals surface area contributed by atoms with Crippen LogP contribution in [0.3, 0.4) is 0 Å². The predicted octanol–water partition coefficient (Wildman–Crippen LogP) is 4.08. The first-order chi connectivity index (χ1) is 15.6. The number of nitrogens with two attached hydrogens (primary N) is 1. The van der Waals surface area contributed by atoms with Gasteiger partial charge in [-0.05, 0) is 17.7 Å². The summed E-state index contributed by atoms with van der Waals surface area (Å²) in [5.74, 6) is -0.240. The summed E-state index contributed by atoms with van der Waals surface area (Å²) in [7, 11) is 0. The van der Waals surface area contributed by atoms with E-state index >= 15 is 0 Å². The minimum Gasteiger partial charge on any atom is -0.383 e. The molecule has 2 heterocycles. The van der Waals surface area contributed by atoms with Crippen LogP contribution in [0.4, 0.5) is 11.5 Å². The lowest BCUT2D eigenvalue weighted by Gasteiger charge is -2.25. The summed E-state index contributed by atoms with van der Waals surface area (Å²) in [6, 6.07) is 9.47. The fourth-order valence-electron chi connectivity index (χ4n) is 3.06. The Hall–Kier alpha value is -4.22. The van der Waals surface area contributed by atoms with E-state index in [1.165, 1.54) is 36.8 Å². The summed E-state index contributed by atoms with van der Waals surface area (Å²) in [6.07, 6.45) is 4.67. The molecular weight excluding hydrogens is 442 g/mol. The lowest BCUT2D eigenvalue weighted by Crippen LogP contribution is -2.28. The Kier molecular flexibility index (Phi) is 6.47. The molecule has 1 aromatic carbocycles. The van der Waals surface area contributed by atoms with Crippen LogP contribution >= 0.6 is 11.8 Å². The number of nitro benzene ring substituents is 1. The van der Waals surface area contributed by atoms with Crippen LogP contribution in [0.2, 0.25) is 0 Å². The standard InChI is InChI=1S/C22H19N7O3S/c1-22(2,3)18(30)21(28-9-8-26-12-28)33-20-16(11-24)17(15(10-23)19(25)27-20)13-4-6-14(7-5-13)29(31)32/h4-9,12,21H,1-3H3,(H2,25,27). The Bertz CT molecular complexity index is 1300. The number of pyridine rings is 1. The lowest BCUT2D eigenvalue weighted by atomic mass is 9.90. The smallest absolute Gasteiger partial charge is 0.269 e. The number of nitriles is 2. The molecule has 10 nitrogen and oxygen atoms in total. The van der Waals surface area contributed by atoms with Crippen LogP contribution in [-0.2, 0) is 4.79 Å². The van der Waals surface area contributed by atoms with Gasteiger partial charge in [-0.15, -0.1) is 0 Å². The summed E-state index contributed by atoms with van der Waals surface area (Å²) in [5.41, 5.74) is 5.85. The number of hydrogen-bond donors (Lipinski definition) is 1. The van der Waals surface area contributed by atoms with Crippen LogP contribution in [-0.4, -0.2) is 25.2 Å². The molecule has 0 bridgehead atoms. The number of non-ortho nitro benzene ring substituents is 1. The van der Waals surface area contributed by atoms with Gasteiger partial charge in [0.2, 0.25) is 0 Å². The number of carbonyl (C=O) groups excluding carboxylic acids is 1. The van der Waals surface area contributed by atoms with Gasteiger partial charge in [0.15, 0.2) is 5.78 Å². The third-order valence-electron chi connectivity index (χ3n) is 4.76. The molecule has 0 aliphatic carbocycles. The maximum Gasteiger partial charge on any atom is 0.269 e. The summed E-state index contributed by atoms with van der Waals surface area (Å²) >= 11 is 1.03. The number of carbonyl (C=O) groups is 1. The van der Waals surface area contributed by atoms with Crippen LogP contribution in [0.25, 0.3) is 11.1 Å². The van der Waals surface area contributed by atoms with Crippen LogP contribution < -0.4 is 5.73 Å². The van der Waals surface area contributed by atoms with Crippen molar-refractivity contribution < 1.29 is 9.72 Å². The Balaban J connectivity index is 2.21. The van der Waals surface area contributed by atoms with E-state index in [4.69, 9.17) is 5.73 Å². The molecule has 0 aliphatic heterocycles. The van der Waals surface area contributed by atoms with E-state index < -0.39 is 15.7 Å². The highest BCUT2D eigenvalue weighted by Crippen LogP contribution is 2.42. The molecule has 33 heavy (non-hydrogen) atoms. The van der Waals surface area contributed by atoms with Gasteiger partial charge in [0.1, 0.15) is 33.9 Å². The van der Waals surface area contributed by atoms with Crippen LogP contribution in [0.15, 0.2) is 48.0 Å². The van der Waals surface area contributed by atoms with Crippen molar-refractivity contribution in [2.75, 3.05) is 5.73 Å². The van der Waals surface area contributed by atoms with E-state index in [0.29, 0.717) is 5.56 Å². The molecule has 0 aliphatic rings. The van der Waals surface area contributed by atoms with Gasteiger partial charge in [-0.2, -0.15) is 10.5 Å². The molecule has 0 spiro atoms. The van der Waals surface area contributed by atoms with Crippen molar-refractivity contribution in [3.05, 3.63) is 64.2 Å². The number of hydrogen-bond acceptors (Lipinski definition) is 9. The Morgan fingerprint density at radius 2 is 1.85 bits per heavy atom.